The second-order valence-corrected chi connectivity index (χ2v) is 5.35. The molecule has 23 heavy (non-hydrogen) atoms. The molecule has 0 radical (unpaired) electrons. The Morgan fingerprint density at radius 3 is 2.35 bits per heavy atom. The van der Waals surface area contributed by atoms with E-state index in [9.17, 15) is 4.79 Å². The predicted octanol–water partition coefficient (Wildman–Crippen LogP) is 3.96. The highest BCUT2D eigenvalue weighted by Gasteiger charge is 2.16. The molecule has 0 aromatic heterocycles. The maximum absolute atomic E-state index is 11.9. The van der Waals surface area contributed by atoms with Crippen LogP contribution in [0.5, 0.6) is 0 Å². The van der Waals surface area contributed by atoms with E-state index in [1.165, 1.54) is 0 Å². The van der Waals surface area contributed by atoms with Crippen molar-refractivity contribution in [2.24, 2.45) is 0 Å². The fourth-order valence-electron chi connectivity index (χ4n) is 2.68. The van der Waals surface area contributed by atoms with Crippen molar-refractivity contribution in [1.82, 2.24) is 5.32 Å². The van der Waals surface area contributed by atoms with Gasteiger partial charge in [-0.25, -0.2) is 0 Å². The van der Waals surface area contributed by atoms with Crippen molar-refractivity contribution < 1.29 is 4.79 Å². The van der Waals surface area contributed by atoms with Gasteiger partial charge in [-0.15, -0.1) is 0 Å². The molecule has 0 bridgehead atoms. The standard InChI is InChI=1S/C20H16N2O/c21-13-12-19(23)22-20(16-7-2-1-3-8-16)18-11-10-15-6-4-5-9-17(15)14-18/h1-11,14,20H,12H2,(H,22,23). The van der Waals surface area contributed by atoms with E-state index in [4.69, 9.17) is 5.26 Å². The second kappa shape index (κ2) is 6.76. The summed E-state index contributed by atoms with van der Waals surface area (Å²) in [6.45, 7) is 0. The monoisotopic (exact) mass is 300 g/mol. The molecule has 1 amide bonds. The smallest absolute Gasteiger partial charge is 0.234 e. The van der Waals surface area contributed by atoms with Gasteiger partial charge in [0.2, 0.25) is 5.91 Å². The zero-order chi connectivity index (χ0) is 16.1. The van der Waals surface area contributed by atoms with Gasteiger partial charge in [-0.05, 0) is 28.0 Å². The minimum Gasteiger partial charge on any atom is -0.344 e. The van der Waals surface area contributed by atoms with Crippen LogP contribution >= 0.6 is 0 Å². The van der Waals surface area contributed by atoms with E-state index in [2.05, 4.69) is 29.6 Å². The summed E-state index contributed by atoms with van der Waals surface area (Å²) >= 11 is 0. The molecule has 1 unspecified atom stereocenters. The van der Waals surface area contributed by atoms with Gasteiger partial charge < -0.3 is 5.32 Å². The molecule has 0 aliphatic heterocycles. The number of hydrogen-bond donors (Lipinski definition) is 1. The van der Waals surface area contributed by atoms with Crippen LogP contribution in [0.4, 0.5) is 0 Å². The Balaban J connectivity index is 2.02. The Hall–Kier alpha value is -3.12. The highest BCUT2D eigenvalue weighted by Crippen LogP contribution is 2.25. The van der Waals surface area contributed by atoms with E-state index in [1.807, 2.05) is 54.6 Å². The van der Waals surface area contributed by atoms with Crippen molar-refractivity contribution >= 4 is 16.7 Å². The van der Waals surface area contributed by atoms with Gasteiger partial charge in [0.25, 0.3) is 0 Å². The van der Waals surface area contributed by atoms with E-state index in [0.29, 0.717) is 0 Å². The molecule has 1 atom stereocenters. The number of rotatable bonds is 4. The van der Waals surface area contributed by atoms with Gasteiger partial charge in [0.05, 0.1) is 12.1 Å². The zero-order valence-corrected chi connectivity index (χ0v) is 12.6. The molecule has 0 aliphatic carbocycles. The summed E-state index contributed by atoms with van der Waals surface area (Å²) in [5.41, 5.74) is 2.00. The molecule has 0 fully saturated rings. The minimum absolute atomic E-state index is 0.142. The largest absolute Gasteiger partial charge is 0.344 e. The van der Waals surface area contributed by atoms with E-state index in [-0.39, 0.29) is 18.4 Å². The van der Waals surface area contributed by atoms with Crippen molar-refractivity contribution in [3.05, 3.63) is 83.9 Å². The third-order valence-electron chi connectivity index (χ3n) is 3.78. The molecule has 1 N–H and O–H groups in total. The van der Waals surface area contributed by atoms with E-state index < -0.39 is 0 Å². The summed E-state index contributed by atoms with van der Waals surface area (Å²) in [6, 6.07) is 25.7. The molecular weight excluding hydrogens is 284 g/mol. The Morgan fingerprint density at radius 2 is 1.61 bits per heavy atom. The van der Waals surface area contributed by atoms with Crippen LogP contribution < -0.4 is 5.32 Å². The molecule has 3 aromatic rings. The van der Waals surface area contributed by atoms with Gasteiger partial charge in [-0.1, -0.05) is 66.7 Å². The van der Waals surface area contributed by atoms with Gasteiger partial charge in [0, 0.05) is 0 Å². The van der Waals surface area contributed by atoms with Gasteiger partial charge in [0.15, 0.2) is 0 Å². The van der Waals surface area contributed by atoms with Crippen LogP contribution in [-0.4, -0.2) is 5.91 Å². The first-order valence-corrected chi connectivity index (χ1v) is 7.48. The lowest BCUT2D eigenvalue weighted by Gasteiger charge is -2.20. The van der Waals surface area contributed by atoms with Crippen LogP contribution in [0, 0.1) is 11.3 Å². The van der Waals surface area contributed by atoms with Crippen LogP contribution in [0.2, 0.25) is 0 Å². The Bertz CT molecular complexity index is 865. The van der Waals surface area contributed by atoms with Crippen LogP contribution in [-0.2, 0) is 4.79 Å². The Kier molecular flexibility index (Phi) is 4.35. The normalized spacial score (nSPS) is 11.6. The number of nitrogens with zero attached hydrogens (tertiary/aromatic N) is 1. The number of benzene rings is 3. The Labute approximate surface area is 135 Å². The summed E-state index contributed by atoms with van der Waals surface area (Å²) in [7, 11) is 0. The third-order valence-corrected chi connectivity index (χ3v) is 3.78. The topological polar surface area (TPSA) is 52.9 Å². The quantitative estimate of drug-likeness (QED) is 0.793. The highest BCUT2D eigenvalue weighted by atomic mass is 16.1. The first kappa shape index (κ1) is 14.8. The first-order chi connectivity index (χ1) is 11.3. The Morgan fingerprint density at radius 1 is 0.913 bits per heavy atom. The fraction of sp³-hybridized carbons (Fsp3) is 0.100. The molecule has 0 saturated carbocycles. The molecule has 112 valence electrons. The maximum atomic E-state index is 11.9. The molecule has 3 heteroatoms. The van der Waals surface area contributed by atoms with Crippen LogP contribution in [0.15, 0.2) is 72.8 Å². The van der Waals surface area contributed by atoms with E-state index in [1.54, 1.807) is 0 Å². The summed E-state index contributed by atoms with van der Waals surface area (Å²) in [5, 5.41) is 14.0. The van der Waals surface area contributed by atoms with Gasteiger partial charge in [0.1, 0.15) is 6.42 Å². The lowest BCUT2D eigenvalue weighted by atomic mass is 9.96. The summed E-state index contributed by atoms with van der Waals surface area (Å²) in [4.78, 5) is 11.9. The number of carbonyl (C=O) groups is 1. The van der Waals surface area contributed by atoms with Crippen molar-refractivity contribution in [3.8, 4) is 6.07 Å². The van der Waals surface area contributed by atoms with Gasteiger partial charge in [-0.3, -0.25) is 4.79 Å². The minimum atomic E-state index is -0.269. The van der Waals surface area contributed by atoms with Gasteiger partial charge in [-0.2, -0.15) is 5.26 Å². The zero-order valence-electron chi connectivity index (χ0n) is 12.6. The average Bonchev–Trinajstić information content (AvgIpc) is 2.60. The van der Waals surface area contributed by atoms with Crippen LogP contribution in [0.1, 0.15) is 23.6 Å². The molecule has 3 aromatic carbocycles. The van der Waals surface area contributed by atoms with E-state index >= 15 is 0 Å². The first-order valence-electron chi connectivity index (χ1n) is 7.48. The summed E-state index contributed by atoms with van der Waals surface area (Å²) < 4.78 is 0. The molecular formula is C20H16N2O. The molecule has 0 heterocycles. The number of nitriles is 1. The van der Waals surface area contributed by atoms with Crippen molar-refractivity contribution in [3.63, 3.8) is 0 Å². The summed E-state index contributed by atoms with van der Waals surface area (Å²) in [6.07, 6.45) is -0.142. The van der Waals surface area contributed by atoms with Crippen LogP contribution in [0.25, 0.3) is 10.8 Å². The van der Waals surface area contributed by atoms with Crippen molar-refractivity contribution in [2.45, 2.75) is 12.5 Å². The number of amides is 1. The number of nitrogens with one attached hydrogen (secondary N) is 1. The van der Waals surface area contributed by atoms with Gasteiger partial charge >= 0.3 is 0 Å². The number of hydrogen-bond acceptors (Lipinski definition) is 2. The highest BCUT2D eigenvalue weighted by molar-refractivity contribution is 5.84. The molecule has 0 spiro atoms. The number of fused-ring (bicyclic) bond motifs is 1. The molecule has 3 nitrogen and oxygen atoms in total. The average molecular weight is 300 g/mol. The predicted molar refractivity (Wildman–Crippen MR) is 90.6 cm³/mol. The second-order valence-electron chi connectivity index (χ2n) is 5.35. The van der Waals surface area contributed by atoms with Crippen molar-refractivity contribution in [2.75, 3.05) is 0 Å². The SMILES string of the molecule is N#CCC(=O)NC(c1ccccc1)c1ccc2ccccc2c1. The lowest BCUT2D eigenvalue weighted by molar-refractivity contribution is -0.120. The lowest BCUT2D eigenvalue weighted by Crippen LogP contribution is -2.28. The van der Waals surface area contributed by atoms with Crippen LogP contribution in [0.3, 0.4) is 0 Å². The summed E-state index contributed by atoms with van der Waals surface area (Å²) in [5.74, 6) is -0.269. The molecule has 0 aliphatic rings. The number of carbonyl (C=O) groups excluding carboxylic acids is 1. The molecule has 0 saturated heterocycles. The fourth-order valence-corrected chi connectivity index (χ4v) is 2.68. The van der Waals surface area contributed by atoms with E-state index in [0.717, 1.165) is 21.9 Å². The maximum Gasteiger partial charge on any atom is 0.234 e. The van der Waals surface area contributed by atoms with Crippen molar-refractivity contribution in [1.29, 1.82) is 5.26 Å². The third kappa shape index (κ3) is 3.38. The molecule has 3 rings (SSSR count).